The molecule has 0 saturated heterocycles. The van der Waals surface area contributed by atoms with E-state index in [4.69, 9.17) is 16.3 Å². The molecule has 0 aromatic heterocycles. The molecule has 0 bridgehead atoms. The molecule has 0 aliphatic heterocycles. The third-order valence-electron chi connectivity index (χ3n) is 3.30. The fourth-order valence-corrected chi connectivity index (χ4v) is 2.41. The van der Waals surface area contributed by atoms with Crippen molar-refractivity contribution in [2.24, 2.45) is 0 Å². The van der Waals surface area contributed by atoms with Gasteiger partial charge in [-0.05, 0) is 44.2 Å². The maximum atomic E-state index is 5.93. The van der Waals surface area contributed by atoms with Crippen molar-refractivity contribution in [2.75, 3.05) is 13.7 Å². The van der Waals surface area contributed by atoms with E-state index in [1.807, 2.05) is 44.3 Å². The Labute approximate surface area is 125 Å². The number of rotatable bonds is 6. The summed E-state index contributed by atoms with van der Waals surface area (Å²) >= 11 is 5.93. The Hall–Kier alpha value is -1.51. The van der Waals surface area contributed by atoms with Gasteiger partial charge in [-0.15, -0.1) is 0 Å². The maximum Gasteiger partial charge on any atom is 0.124 e. The number of ether oxygens (including phenoxy) is 1. The molecule has 0 aliphatic carbocycles. The first-order valence-corrected chi connectivity index (χ1v) is 7.25. The zero-order chi connectivity index (χ0) is 14.4. The van der Waals surface area contributed by atoms with E-state index in [0.29, 0.717) is 6.61 Å². The highest BCUT2D eigenvalue weighted by Crippen LogP contribution is 2.27. The first kappa shape index (κ1) is 14.9. The van der Waals surface area contributed by atoms with Gasteiger partial charge in [0, 0.05) is 16.6 Å². The van der Waals surface area contributed by atoms with Crippen molar-refractivity contribution in [1.82, 2.24) is 5.32 Å². The molecule has 1 unspecified atom stereocenters. The van der Waals surface area contributed by atoms with Gasteiger partial charge in [-0.25, -0.2) is 0 Å². The van der Waals surface area contributed by atoms with Crippen molar-refractivity contribution in [3.8, 4) is 5.75 Å². The minimum Gasteiger partial charge on any atom is -0.494 e. The zero-order valence-electron chi connectivity index (χ0n) is 11.9. The topological polar surface area (TPSA) is 21.3 Å². The fraction of sp³-hybridized carbons (Fsp3) is 0.294. The monoisotopic (exact) mass is 289 g/mol. The first-order valence-electron chi connectivity index (χ1n) is 6.88. The lowest BCUT2D eigenvalue weighted by atomic mass is 9.98. The Kier molecular flexibility index (Phi) is 5.45. The second-order valence-electron chi connectivity index (χ2n) is 4.64. The van der Waals surface area contributed by atoms with E-state index in [1.165, 1.54) is 11.1 Å². The lowest BCUT2D eigenvalue weighted by molar-refractivity contribution is 0.332. The highest BCUT2D eigenvalue weighted by Gasteiger charge is 2.14. The van der Waals surface area contributed by atoms with Gasteiger partial charge in [0.05, 0.1) is 6.61 Å². The third-order valence-corrected chi connectivity index (χ3v) is 3.55. The summed E-state index contributed by atoms with van der Waals surface area (Å²) in [5.74, 6) is 0.948. The van der Waals surface area contributed by atoms with Crippen LogP contribution < -0.4 is 10.1 Å². The summed E-state index contributed by atoms with van der Waals surface area (Å²) in [5, 5.41) is 4.14. The maximum absolute atomic E-state index is 5.93. The zero-order valence-corrected chi connectivity index (χ0v) is 12.7. The normalized spacial score (nSPS) is 12.2. The lowest BCUT2D eigenvalue weighted by Crippen LogP contribution is -2.19. The molecule has 0 amide bonds. The molecule has 20 heavy (non-hydrogen) atoms. The fourth-order valence-electron chi connectivity index (χ4n) is 2.28. The van der Waals surface area contributed by atoms with Crippen LogP contribution in [0.3, 0.4) is 0 Å². The molecule has 0 aliphatic rings. The van der Waals surface area contributed by atoms with Crippen molar-refractivity contribution < 1.29 is 4.74 Å². The Balaban J connectivity index is 2.21. The van der Waals surface area contributed by atoms with Gasteiger partial charge >= 0.3 is 0 Å². The predicted molar refractivity (Wildman–Crippen MR) is 84.6 cm³/mol. The summed E-state index contributed by atoms with van der Waals surface area (Å²) in [7, 11) is 1.98. The number of nitrogens with one attached hydrogen (secondary N) is 1. The summed E-state index contributed by atoms with van der Waals surface area (Å²) < 4.78 is 5.72. The number of benzene rings is 2. The Morgan fingerprint density at radius 3 is 2.45 bits per heavy atom. The summed E-state index contributed by atoms with van der Waals surface area (Å²) in [4.78, 5) is 0. The van der Waals surface area contributed by atoms with Crippen molar-refractivity contribution in [3.05, 3.63) is 64.7 Å². The van der Waals surface area contributed by atoms with Crippen LogP contribution in [0.4, 0.5) is 0 Å². The van der Waals surface area contributed by atoms with E-state index in [9.17, 15) is 0 Å². The quantitative estimate of drug-likeness (QED) is 0.859. The minimum atomic E-state index is 0.221. The van der Waals surface area contributed by atoms with Crippen LogP contribution >= 0.6 is 11.6 Å². The van der Waals surface area contributed by atoms with Gasteiger partial charge in [0.15, 0.2) is 0 Å². The third kappa shape index (κ3) is 3.75. The Bertz CT molecular complexity index is 539. The van der Waals surface area contributed by atoms with Gasteiger partial charge in [0.2, 0.25) is 0 Å². The molecule has 0 heterocycles. The molecular formula is C17H20ClNO. The molecule has 2 aromatic rings. The molecule has 1 atom stereocenters. The summed E-state index contributed by atoms with van der Waals surface area (Å²) in [5.41, 5.74) is 2.44. The van der Waals surface area contributed by atoms with Crippen LogP contribution in [0.1, 0.15) is 24.1 Å². The lowest BCUT2D eigenvalue weighted by Gasteiger charge is -2.20. The standard InChI is InChI=1S/C17H20ClNO/c1-3-20-17-7-5-4-6-15(17)16(19-2)12-13-8-10-14(18)11-9-13/h4-11,16,19H,3,12H2,1-2H3. The van der Waals surface area contributed by atoms with Gasteiger partial charge in [0.25, 0.3) is 0 Å². The van der Waals surface area contributed by atoms with E-state index in [0.717, 1.165) is 17.2 Å². The van der Waals surface area contributed by atoms with Crippen molar-refractivity contribution in [3.63, 3.8) is 0 Å². The van der Waals surface area contributed by atoms with Crippen LogP contribution in [-0.4, -0.2) is 13.7 Å². The highest BCUT2D eigenvalue weighted by atomic mass is 35.5. The van der Waals surface area contributed by atoms with Gasteiger partial charge in [0.1, 0.15) is 5.75 Å². The van der Waals surface area contributed by atoms with E-state index in [-0.39, 0.29) is 6.04 Å². The highest BCUT2D eigenvalue weighted by molar-refractivity contribution is 6.30. The van der Waals surface area contributed by atoms with E-state index in [1.54, 1.807) is 0 Å². The number of hydrogen-bond donors (Lipinski definition) is 1. The summed E-state index contributed by atoms with van der Waals surface area (Å²) in [6.07, 6.45) is 0.901. The summed E-state index contributed by atoms with van der Waals surface area (Å²) in [6.45, 7) is 2.68. The van der Waals surface area contributed by atoms with Gasteiger partial charge in [-0.2, -0.15) is 0 Å². The van der Waals surface area contributed by atoms with Gasteiger partial charge in [-0.3, -0.25) is 0 Å². The molecule has 0 saturated carbocycles. The Morgan fingerprint density at radius 2 is 1.80 bits per heavy atom. The van der Waals surface area contributed by atoms with Crippen LogP contribution in [0.15, 0.2) is 48.5 Å². The van der Waals surface area contributed by atoms with E-state index in [2.05, 4.69) is 23.5 Å². The average Bonchev–Trinajstić information content (AvgIpc) is 2.48. The van der Waals surface area contributed by atoms with Crippen LogP contribution in [0.5, 0.6) is 5.75 Å². The Morgan fingerprint density at radius 1 is 1.10 bits per heavy atom. The number of likely N-dealkylation sites (N-methyl/N-ethyl adjacent to an activating group) is 1. The van der Waals surface area contributed by atoms with Crippen molar-refractivity contribution in [1.29, 1.82) is 0 Å². The number of hydrogen-bond acceptors (Lipinski definition) is 2. The largest absolute Gasteiger partial charge is 0.494 e. The van der Waals surface area contributed by atoms with Crippen LogP contribution in [0.2, 0.25) is 5.02 Å². The SMILES string of the molecule is CCOc1ccccc1C(Cc1ccc(Cl)cc1)NC. The summed E-state index contributed by atoms with van der Waals surface area (Å²) in [6, 6.07) is 16.4. The molecule has 0 radical (unpaired) electrons. The molecule has 3 heteroatoms. The molecule has 0 fully saturated rings. The van der Waals surface area contributed by atoms with Crippen LogP contribution in [-0.2, 0) is 6.42 Å². The van der Waals surface area contributed by atoms with Gasteiger partial charge in [-0.1, -0.05) is 41.9 Å². The van der Waals surface area contributed by atoms with Crippen LogP contribution in [0.25, 0.3) is 0 Å². The second kappa shape index (κ2) is 7.32. The molecule has 0 spiro atoms. The molecule has 1 N–H and O–H groups in total. The predicted octanol–water partition coefficient (Wildman–Crippen LogP) is 4.24. The van der Waals surface area contributed by atoms with E-state index >= 15 is 0 Å². The van der Waals surface area contributed by atoms with Crippen LogP contribution in [0, 0.1) is 0 Å². The minimum absolute atomic E-state index is 0.221. The van der Waals surface area contributed by atoms with Crippen molar-refractivity contribution >= 4 is 11.6 Å². The molecule has 106 valence electrons. The number of halogens is 1. The van der Waals surface area contributed by atoms with Gasteiger partial charge < -0.3 is 10.1 Å². The first-order chi connectivity index (χ1) is 9.74. The van der Waals surface area contributed by atoms with Crippen molar-refractivity contribution in [2.45, 2.75) is 19.4 Å². The molecular weight excluding hydrogens is 270 g/mol. The average molecular weight is 290 g/mol. The molecule has 2 nitrogen and oxygen atoms in total. The smallest absolute Gasteiger partial charge is 0.124 e. The second-order valence-corrected chi connectivity index (χ2v) is 5.08. The molecule has 2 aromatic carbocycles. The van der Waals surface area contributed by atoms with E-state index < -0.39 is 0 Å². The number of para-hydroxylation sites is 1. The molecule has 2 rings (SSSR count).